The average Bonchev–Trinajstić information content (AvgIpc) is 2.90. The number of likely N-dealkylation sites (N-methyl/N-ethyl adjacent to an activating group) is 1. The average molecular weight is 286 g/mol. The second-order valence-electron chi connectivity index (χ2n) is 5.07. The van der Waals surface area contributed by atoms with Gasteiger partial charge in [0.05, 0.1) is 12.6 Å². The van der Waals surface area contributed by atoms with Crippen molar-refractivity contribution < 1.29 is 9.59 Å². The van der Waals surface area contributed by atoms with Gasteiger partial charge in [-0.15, -0.1) is 0 Å². The number of hydrogen-bond donors (Lipinski definition) is 0. The van der Waals surface area contributed by atoms with Crippen LogP contribution in [0.4, 0.5) is 0 Å². The molecule has 2 heterocycles. The lowest BCUT2D eigenvalue weighted by Gasteiger charge is -2.36. The fourth-order valence-corrected chi connectivity index (χ4v) is 2.62. The normalized spacial score (nSPS) is 16.8. The Hall–Kier alpha value is -2.55. The van der Waals surface area contributed by atoms with Gasteiger partial charge in [0.25, 0.3) is 0 Å². The molecule has 0 aliphatic carbocycles. The topological polar surface area (TPSA) is 69.3 Å². The molecule has 6 nitrogen and oxygen atoms in total. The Morgan fingerprint density at radius 1 is 1.52 bits per heavy atom. The minimum absolute atomic E-state index is 0.0288. The summed E-state index contributed by atoms with van der Waals surface area (Å²) in [7, 11) is 1.58. The van der Waals surface area contributed by atoms with Crippen LogP contribution < -0.4 is 0 Å². The molecule has 0 saturated heterocycles. The first-order valence-electron chi connectivity index (χ1n) is 6.76. The van der Waals surface area contributed by atoms with Crippen molar-refractivity contribution in [2.45, 2.75) is 19.5 Å². The maximum atomic E-state index is 12.3. The quantitative estimate of drug-likeness (QED) is 0.775. The summed E-state index contributed by atoms with van der Waals surface area (Å²) < 4.78 is 1.94. The number of hydrogen-bond acceptors (Lipinski definition) is 3. The molecule has 110 valence electrons. The highest BCUT2D eigenvalue weighted by molar-refractivity contribution is 5.90. The van der Waals surface area contributed by atoms with Crippen LogP contribution in [-0.4, -0.2) is 46.3 Å². The third-order valence-electron chi connectivity index (χ3n) is 3.83. The van der Waals surface area contributed by atoms with Crippen LogP contribution in [0.3, 0.4) is 0 Å². The molecule has 1 aromatic rings. The van der Waals surface area contributed by atoms with E-state index in [-0.39, 0.29) is 24.4 Å². The van der Waals surface area contributed by atoms with Gasteiger partial charge in [0, 0.05) is 25.8 Å². The molecule has 1 aliphatic heterocycles. The zero-order valence-corrected chi connectivity index (χ0v) is 12.2. The molecular formula is C15H18N4O2. The Morgan fingerprint density at radius 2 is 2.24 bits per heavy atom. The van der Waals surface area contributed by atoms with E-state index in [1.54, 1.807) is 18.0 Å². The molecule has 1 aromatic heterocycles. The molecular weight excluding hydrogens is 268 g/mol. The van der Waals surface area contributed by atoms with Crippen LogP contribution in [0, 0.1) is 11.3 Å². The van der Waals surface area contributed by atoms with Gasteiger partial charge in [0.1, 0.15) is 11.8 Å². The molecule has 2 rings (SSSR count). The molecule has 1 aliphatic rings. The van der Waals surface area contributed by atoms with E-state index in [9.17, 15) is 9.59 Å². The number of carbonyl (C=O) groups is 2. The Kier molecular flexibility index (Phi) is 4.13. The fraction of sp³-hybridized carbons (Fsp3) is 0.400. The minimum atomic E-state index is -0.275. The second-order valence-corrected chi connectivity index (χ2v) is 5.07. The summed E-state index contributed by atoms with van der Waals surface area (Å²) in [6, 6.07) is 5.69. The maximum Gasteiger partial charge on any atom is 0.246 e. The predicted octanol–water partition coefficient (Wildman–Crippen LogP) is 0.907. The van der Waals surface area contributed by atoms with Gasteiger partial charge in [-0.1, -0.05) is 6.58 Å². The molecule has 6 heteroatoms. The fourth-order valence-electron chi connectivity index (χ4n) is 2.62. The van der Waals surface area contributed by atoms with Crippen molar-refractivity contribution in [2.75, 3.05) is 20.1 Å². The van der Waals surface area contributed by atoms with E-state index < -0.39 is 0 Å². The first-order chi connectivity index (χ1) is 9.99. The van der Waals surface area contributed by atoms with Crippen molar-refractivity contribution in [2.24, 2.45) is 0 Å². The molecule has 21 heavy (non-hydrogen) atoms. The lowest BCUT2D eigenvalue weighted by atomic mass is 10.1. The summed E-state index contributed by atoms with van der Waals surface area (Å²) in [5, 5.41) is 9.05. The van der Waals surface area contributed by atoms with Crippen LogP contribution in [0.5, 0.6) is 0 Å². The molecule has 0 saturated carbocycles. The summed E-state index contributed by atoms with van der Waals surface area (Å²) in [6.45, 7) is 6.50. The van der Waals surface area contributed by atoms with Crippen molar-refractivity contribution in [3.63, 3.8) is 0 Å². The largest absolute Gasteiger partial charge is 0.333 e. The zero-order valence-electron chi connectivity index (χ0n) is 12.2. The molecule has 0 N–H and O–H groups in total. The standard InChI is InChI=1S/C15H18N4O2/c1-4-14(20)17(3)10-15(21)18-7-8-19-12(9-16)5-6-13(19)11(18)2/h4-6,11H,1,7-8,10H2,2-3H3. The van der Waals surface area contributed by atoms with Crippen LogP contribution in [0.2, 0.25) is 0 Å². The molecule has 0 fully saturated rings. The Balaban J connectivity index is 2.13. The first kappa shape index (κ1) is 14.9. The molecule has 0 radical (unpaired) electrons. The van der Waals surface area contributed by atoms with E-state index in [1.807, 2.05) is 17.6 Å². The highest BCUT2D eigenvalue weighted by Crippen LogP contribution is 2.27. The van der Waals surface area contributed by atoms with Crippen molar-refractivity contribution in [1.82, 2.24) is 14.4 Å². The van der Waals surface area contributed by atoms with E-state index in [2.05, 4.69) is 12.6 Å². The number of carbonyl (C=O) groups excluding carboxylic acids is 2. The van der Waals surface area contributed by atoms with Gasteiger partial charge >= 0.3 is 0 Å². The third kappa shape index (κ3) is 2.68. The van der Waals surface area contributed by atoms with E-state index in [0.29, 0.717) is 18.8 Å². The van der Waals surface area contributed by atoms with Gasteiger partial charge in [0.2, 0.25) is 11.8 Å². The van der Waals surface area contributed by atoms with Gasteiger partial charge < -0.3 is 14.4 Å². The number of nitriles is 1. The SMILES string of the molecule is C=CC(=O)N(C)CC(=O)N1CCn2c(C#N)ccc2C1C. The van der Waals surface area contributed by atoms with E-state index >= 15 is 0 Å². The molecule has 0 bridgehead atoms. The van der Waals surface area contributed by atoms with Gasteiger partial charge in [-0.25, -0.2) is 0 Å². The monoisotopic (exact) mass is 286 g/mol. The number of nitrogens with zero attached hydrogens (tertiary/aromatic N) is 4. The minimum Gasteiger partial charge on any atom is -0.333 e. The van der Waals surface area contributed by atoms with Crippen molar-refractivity contribution in [3.8, 4) is 6.07 Å². The highest BCUT2D eigenvalue weighted by Gasteiger charge is 2.29. The summed E-state index contributed by atoms with van der Waals surface area (Å²) in [5.74, 6) is -0.380. The molecule has 0 spiro atoms. The maximum absolute atomic E-state index is 12.3. The molecule has 0 aromatic carbocycles. The molecule has 1 unspecified atom stereocenters. The third-order valence-corrected chi connectivity index (χ3v) is 3.83. The Labute approximate surface area is 123 Å². The summed E-state index contributed by atoms with van der Waals surface area (Å²) in [5.41, 5.74) is 1.56. The van der Waals surface area contributed by atoms with Crippen molar-refractivity contribution >= 4 is 11.8 Å². The lowest BCUT2D eigenvalue weighted by Crippen LogP contribution is -2.46. The molecule has 1 atom stereocenters. The Bertz CT molecular complexity index is 626. The summed E-state index contributed by atoms with van der Waals surface area (Å²) >= 11 is 0. The van der Waals surface area contributed by atoms with Gasteiger partial charge in [-0.3, -0.25) is 9.59 Å². The smallest absolute Gasteiger partial charge is 0.246 e. The van der Waals surface area contributed by atoms with Gasteiger partial charge in [-0.05, 0) is 25.1 Å². The van der Waals surface area contributed by atoms with E-state index in [4.69, 9.17) is 5.26 Å². The number of aromatic nitrogens is 1. The number of fused-ring (bicyclic) bond motifs is 1. The molecule has 2 amide bonds. The van der Waals surface area contributed by atoms with Crippen LogP contribution in [0.15, 0.2) is 24.8 Å². The van der Waals surface area contributed by atoms with Crippen LogP contribution in [0.1, 0.15) is 24.4 Å². The van der Waals surface area contributed by atoms with Gasteiger partial charge in [-0.2, -0.15) is 5.26 Å². The Morgan fingerprint density at radius 3 is 2.86 bits per heavy atom. The second kappa shape index (κ2) is 5.83. The van der Waals surface area contributed by atoms with Crippen molar-refractivity contribution in [1.29, 1.82) is 5.26 Å². The summed E-state index contributed by atoms with van der Waals surface area (Å²) in [4.78, 5) is 26.9. The van der Waals surface area contributed by atoms with Crippen LogP contribution >= 0.6 is 0 Å². The highest BCUT2D eigenvalue weighted by atomic mass is 16.2. The lowest BCUT2D eigenvalue weighted by molar-refractivity contribution is -0.139. The number of rotatable bonds is 3. The van der Waals surface area contributed by atoms with Crippen molar-refractivity contribution in [3.05, 3.63) is 36.2 Å². The number of amides is 2. The van der Waals surface area contributed by atoms with E-state index in [1.165, 1.54) is 11.0 Å². The van der Waals surface area contributed by atoms with Gasteiger partial charge in [0.15, 0.2) is 0 Å². The summed E-state index contributed by atoms with van der Waals surface area (Å²) in [6.07, 6.45) is 1.19. The predicted molar refractivity (Wildman–Crippen MR) is 77.1 cm³/mol. The first-order valence-corrected chi connectivity index (χ1v) is 6.76. The van der Waals surface area contributed by atoms with E-state index in [0.717, 1.165) is 5.69 Å². The van der Waals surface area contributed by atoms with Crippen LogP contribution in [0.25, 0.3) is 0 Å². The van der Waals surface area contributed by atoms with Crippen LogP contribution in [-0.2, 0) is 16.1 Å². The zero-order chi connectivity index (χ0) is 15.6.